The van der Waals surface area contributed by atoms with Crippen LogP contribution in [-0.2, 0) is 7.05 Å². The minimum atomic E-state index is 1.10. The van der Waals surface area contributed by atoms with Crippen molar-refractivity contribution in [2.75, 3.05) is 0 Å². The SMILES string of the molecule is Cc1cccc2c3nccc(I)c3n(C)c12. The Kier molecular flexibility index (Phi) is 2.17. The van der Waals surface area contributed by atoms with Crippen LogP contribution in [0.25, 0.3) is 21.9 Å². The molecular formula is C13H11IN2. The van der Waals surface area contributed by atoms with Gasteiger partial charge in [0.05, 0.1) is 16.6 Å². The quantitative estimate of drug-likeness (QED) is 0.578. The van der Waals surface area contributed by atoms with Crippen molar-refractivity contribution in [2.45, 2.75) is 6.92 Å². The van der Waals surface area contributed by atoms with Crippen LogP contribution in [-0.4, -0.2) is 9.55 Å². The Labute approximate surface area is 107 Å². The smallest absolute Gasteiger partial charge is 0.0970 e. The van der Waals surface area contributed by atoms with Crippen LogP contribution >= 0.6 is 22.6 Å². The van der Waals surface area contributed by atoms with E-state index in [4.69, 9.17) is 0 Å². The molecule has 0 saturated heterocycles. The summed E-state index contributed by atoms with van der Waals surface area (Å²) in [6.07, 6.45) is 1.88. The van der Waals surface area contributed by atoms with Crippen molar-refractivity contribution < 1.29 is 0 Å². The van der Waals surface area contributed by atoms with Crippen LogP contribution in [0.4, 0.5) is 0 Å². The second-order valence-corrected chi connectivity index (χ2v) is 5.18. The normalized spacial score (nSPS) is 11.4. The van der Waals surface area contributed by atoms with Crippen molar-refractivity contribution in [3.05, 3.63) is 39.6 Å². The van der Waals surface area contributed by atoms with E-state index in [1.165, 1.54) is 25.6 Å². The van der Waals surface area contributed by atoms with E-state index in [-0.39, 0.29) is 0 Å². The van der Waals surface area contributed by atoms with E-state index < -0.39 is 0 Å². The van der Waals surface area contributed by atoms with Gasteiger partial charge in [0.15, 0.2) is 0 Å². The highest BCUT2D eigenvalue weighted by atomic mass is 127. The summed E-state index contributed by atoms with van der Waals surface area (Å²) in [5.41, 5.74) is 4.92. The van der Waals surface area contributed by atoms with Crippen LogP contribution in [0.5, 0.6) is 0 Å². The summed E-state index contributed by atoms with van der Waals surface area (Å²) < 4.78 is 3.50. The van der Waals surface area contributed by atoms with E-state index in [0.717, 1.165) is 5.52 Å². The van der Waals surface area contributed by atoms with Gasteiger partial charge in [-0.2, -0.15) is 0 Å². The largest absolute Gasteiger partial charge is 0.341 e. The topological polar surface area (TPSA) is 17.8 Å². The van der Waals surface area contributed by atoms with Gasteiger partial charge in [-0.25, -0.2) is 0 Å². The molecule has 0 bridgehead atoms. The Balaban J connectivity index is 2.70. The number of fused-ring (bicyclic) bond motifs is 3. The van der Waals surface area contributed by atoms with Crippen molar-refractivity contribution in [3.63, 3.8) is 0 Å². The zero-order valence-electron chi connectivity index (χ0n) is 9.16. The Morgan fingerprint density at radius 2 is 2.00 bits per heavy atom. The molecule has 16 heavy (non-hydrogen) atoms. The van der Waals surface area contributed by atoms with Crippen LogP contribution in [0.15, 0.2) is 30.5 Å². The molecule has 80 valence electrons. The van der Waals surface area contributed by atoms with Crippen LogP contribution in [0, 0.1) is 10.5 Å². The third-order valence-electron chi connectivity index (χ3n) is 3.04. The molecule has 3 rings (SSSR count). The highest BCUT2D eigenvalue weighted by molar-refractivity contribution is 14.1. The summed E-state index contributed by atoms with van der Waals surface area (Å²) in [7, 11) is 2.11. The third-order valence-corrected chi connectivity index (χ3v) is 3.91. The molecule has 0 aliphatic heterocycles. The van der Waals surface area contributed by atoms with E-state index in [0.29, 0.717) is 0 Å². The minimum absolute atomic E-state index is 1.10. The predicted molar refractivity (Wildman–Crippen MR) is 75.7 cm³/mol. The van der Waals surface area contributed by atoms with E-state index in [2.05, 4.69) is 70.4 Å². The van der Waals surface area contributed by atoms with E-state index >= 15 is 0 Å². The lowest BCUT2D eigenvalue weighted by Gasteiger charge is -2.01. The summed E-state index contributed by atoms with van der Waals surface area (Å²) in [5.74, 6) is 0. The number of aryl methyl sites for hydroxylation is 2. The number of benzene rings is 1. The lowest BCUT2D eigenvalue weighted by atomic mass is 10.1. The molecule has 0 aliphatic rings. The van der Waals surface area contributed by atoms with E-state index in [9.17, 15) is 0 Å². The molecule has 2 aromatic heterocycles. The maximum atomic E-state index is 4.51. The Morgan fingerprint density at radius 1 is 1.19 bits per heavy atom. The van der Waals surface area contributed by atoms with Crippen LogP contribution in [0.3, 0.4) is 0 Å². The number of hydrogen-bond acceptors (Lipinski definition) is 1. The molecule has 0 amide bonds. The number of nitrogens with zero attached hydrogens (tertiary/aromatic N) is 2. The molecule has 3 heteroatoms. The van der Waals surface area contributed by atoms with E-state index in [1.54, 1.807) is 0 Å². The molecular weight excluding hydrogens is 311 g/mol. The molecule has 0 saturated carbocycles. The van der Waals surface area contributed by atoms with Crippen molar-refractivity contribution >= 4 is 44.5 Å². The fourth-order valence-corrected chi connectivity index (χ4v) is 3.13. The van der Waals surface area contributed by atoms with Gasteiger partial charge in [-0.3, -0.25) is 4.98 Å². The zero-order chi connectivity index (χ0) is 11.3. The molecule has 3 aromatic rings. The second kappa shape index (κ2) is 3.45. The van der Waals surface area contributed by atoms with Gasteiger partial charge in [0.1, 0.15) is 0 Å². The second-order valence-electron chi connectivity index (χ2n) is 4.02. The number of aromatic nitrogens is 2. The highest BCUT2D eigenvalue weighted by Gasteiger charge is 2.12. The number of pyridine rings is 1. The summed E-state index contributed by atoms with van der Waals surface area (Å²) in [4.78, 5) is 4.51. The van der Waals surface area contributed by atoms with Gasteiger partial charge in [0.25, 0.3) is 0 Å². The van der Waals surface area contributed by atoms with Crippen molar-refractivity contribution in [3.8, 4) is 0 Å². The Morgan fingerprint density at radius 3 is 2.81 bits per heavy atom. The average Bonchev–Trinajstić information content (AvgIpc) is 2.56. The van der Waals surface area contributed by atoms with Gasteiger partial charge in [0.2, 0.25) is 0 Å². The number of halogens is 1. The van der Waals surface area contributed by atoms with Crippen LogP contribution < -0.4 is 0 Å². The fraction of sp³-hybridized carbons (Fsp3) is 0.154. The fourth-order valence-electron chi connectivity index (χ4n) is 2.35. The summed E-state index contributed by atoms with van der Waals surface area (Å²) in [6, 6.07) is 8.44. The highest BCUT2D eigenvalue weighted by Crippen LogP contribution is 2.30. The molecule has 2 heterocycles. The van der Waals surface area contributed by atoms with Crippen molar-refractivity contribution in [2.24, 2.45) is 7.05 Å². The number of para-hydroxylation sites is 1. The van der Waals surface area contributed by atoms with Crippen LogP contribution in [0.1, 0.15) is 5.56 Å². The molecule has 1 aromatic carbocycles. The number of hydrogen-bond donors (Lipinski definition) is 0. The summed E-state index contributed by atoms with van der Waals surface area (Å²) in [5, 5.41) is 1.25. The summed E-state index contributed by atoms with van der Waals surface area (Å²) in [6.45, 7) is 2.15. The third kappa shape index (κ3) is 1.21. The Hall–Kier alpha value is -1.10. The standard InChI is InChI=1S/C13H11IN2/c1-8-4-3-5-9-11-13(16(2)12(8)9)10(14)6-7-15-11/h3-7H,1-2H3. The first-order valence-electron chi connectivity index (χ1n) is 5.18. The minimum Gasteiger partial charge on any atom is -0.341 e. The van der Waals surface area contributed by atoms with Gasteiger partial charge in [-0.15, -0.1) is 0 Å². The van der Waals surface area contributed by atoms with E-state index in [1.807, 2.05) is 6.20 Å². The molecule has 2 nitrogen and oxygen atoms in total. The maximum Gasteiger partial charge on any atom is 0.0970 e. The first-order chi connectivity index (χ1) is 7.70. The first kappa shape index (κ1) is 10.1. The zero-order valence-corrected chi connectivity index (χ0v) is 11.3. The molecule has 0 aliphatic carbocycles. The summed E-state index contributed by atoms with van der Waals surface area (Å²) >= 11 is 2.37. The number of rotatable bonds is 0. The average molecular weight is 322 g/mol. The van der Waals surface area contributed by atoms with Gasteiger partial charge in [0, 0.05) is 22.2 Å². The lowest BCUT2D eigenvalue weighted by Crippen LogP contribution is -1.91. The van der Waals surface area contributed by atoms with Gasteiger partial charge in [-0.05, 0) is 41.1 Å². The molecule has 0 unspecified atom stereocenters. The molecule has 0 atom stereocenters. The van der Waals surface area contributed by atoms with Crippen LogP contribution in [0.2, 0.25) is 0 Å². The van der Waals surface area contributed by atoms with Crippen molar-refractivity contribution in [1.82, 2.24) is 9.55 Å². The Bertz CT molecular complexity index is 639. The van der Waals surface area contributed by atoms with Gasteiger partial charge < -0.3 is 4.57 Å². The first-order valence-corrected chi connectivity index (χ1v) is 6.26. The predicted octanol–water partition coefficient (Wildman–Crippen LogP) is 3.64. The monoisotopic (exact) mass is 322 g/mol. The van der Waals surface area contributed by atoms with Gasteiger partial charge in [-0.1, -0.05) is 18.2 Å². The molecule has 0 fully saturated rings. The van der Waals surface area contributed by atoms with Gasteiger partial charge >= 0.3 is 0 Å². The lowest BCUT2D eigenvalue weighted by molar-refractivity contribution is 1.00. The molecule has 0 N–H and O–H groups in total. The maximum absolute atomic E-state index is 4.51. The molecule has 0 spiro atoms. The van der Waals surface area contributed by atoms with Crippen molar-refractivity contribution in [1.29, 1.82) is 0 Å². The molecule has 0 radical (unpaired) electrons.